The highest BCUT2D eigenvalue weighted by Gasteiger charge is 2.49. The molecule has 232 valence electrons. The van der Waals surface area contributed by atoms with E-state index < -0.39 is 46.3 Å². The van der Waals surface area contributed by atoms with E-state index >= 15 is 0 Å². The third-order valence-electron chi connectivity index (χ3n) is 7.17. The topological polar surface area (TPSA) is 179 Å². The van der Waals surface area contributed by atoms with Crippen molar-refractivity contribution in [3.63, 3.8) is 0 Å². The summed E-state index contributed by atoms with van der Waals surface area (Å²) < 4.78 is 33.4. The Morgan fingerprint density at radius 1 is 1.09 bits per heavy atom. The smallest absolute Gasteiger partial charge is 0.326 e. The van der Waals surface area contributed by atoms with Crippen LogP contribution in [0.15, 0.2) is 64.5 Å². The van der Waals surface area contributed by atoms with Gasteiger partial charge in [-0.3, -0.25) is 14.6 Å². The number of aliphatic imine (C=N–C) groups is 1. The van der Waals surface area contributed by atoms with Crippen LogP contribution in [0.4, 0.5) is 5.69 Å². The first-order valence-electron chi connectivity index (χ1n) is 14.2. The Morgan fingerprint density at radius 2 is 1.81 bits per heavy atom. The van der Waals surface area contributed by atoms with Crippen molar-refractivity contribution >= 4 is 39.5 Å². The van der Waals surface area contributed by atoms with Gasteiger partial charge in [-0.05, 0) is 56.5 Å². The minimum Gasteiger partial charge on any atom is -0.480 e. The third kappa shape index (κ3) is 8.30. The maximum Gasteiger partial charge on any atom is 0.326 e. The van der Waals surface area contributed by atoms with Crippen LogP contribution in [-0.4, -0.2) is 85.6 Å². The van der Waals surface area contributed by atoms with Gasteiger partial charge in [-0.15, -0.1) is 0 Å². The van der Waals surface area contributed by atoms with Crippen molar-refractivity contribution in [3.05, 3.63) is 60.2 Å². The number of carboxylic acids is 1. The number of benzene rings is 2. The molecule has 0 aromatic heterocycles. The predicted octanol–water partition coefficient (Wildman–Crippen LogP) is 1.28. The van der Waals surface area contributed by atoms with Crippen molar-refractivity contribution in [2.45, 2.75) is 68.8 Å². The molecule has 2 unspecified atom stereocenters. The van der Waals surface area contributed by atoms with Crippen LogP contribution in [0.2, 0.25) is 0 Å². The van der Waals surface area contributed by atoms with Crippen LogP contribution in [0.5, 0.6) is 0 Å². The van der Waals surface area contributed by atoms with E-state index in [-0.39, 0.29) is 17.2 Å². The summed E-state index contributed by atoms with van der Waals surface area (Å²) in [7, 11) is -4.10. The third-order valence-corrected chi connectivity index (χ3v) is 9.11. The Kier molecular flexibility index (Phi) is 10.7. The second-order valence-electron chi connectivity index (χ2n) is 10.4. The Morgan fingerprint density at radius 3 is 2.47 bits per heavy atom. The van der Waals surface area contributed by atoms with Crippen molar-refractivity contribution in [1.29, 1.82) is 0 Å². The number of hydrogen-bond donors (Lipinski definition) is 5. The van der Waals surface area contributed by atoms with E-state index in [9.17, 15) is 27.9 Å². The standard InChI is InChI=1S/C29H38N6O7S/c1-19-26(35(20(2)42-19)43(40,41)23-8-4-3-5-9-23)27(37)34-24(28(38)39)18-21-11-13-22(14-12-21)33-25(36)10-6-7-15-30-29-31-16-17-32-29/h3-5,8-9,11-14,19-20,24,26H,6-7,10,15-18H2,1-2H3,(H,33,36)(H,34,37)(H,38,39)(H2,30,31,32)/t19?,20?,24-,26-/m0/s1. The van der Waals surface area contributed by atoms with Gasteiger partial charge in [0.1, 0.15) is 18.3 Å². The molecule has 4 rings (SSSR count). The van der Waals surface area contributed by atoms with Crippen molar-refractivity contribution in [2.75, 3.05) is 25.0 Å². The fourth-order valence-corrected chi connectivity index (χ4v) is 6.79. The summed E-state index contributed by atoms with van der Waals surface area (Å²) in [5, 5.41) is 21.5. The molecule has 5 N–H and O–H groups in total. The molecule has 0 spiro atoms. The molecule has 2 amide bonds. The molecule has 0 aliphatic carbocycles. The number of rotatable bonds is 13. The van der Waals surface area contributed by atoms with Crippen molar-refractivity contribution in [2.24, 2.45) is 4.99 Å². The molecule has 0 saturated carbocycles. The van der Waals surface area contributed by atoms with Gasteiger partial charge < -0.3 is 31.1 Å². The number of carbonyl (C=O) groups is 3. The second-order valence-corrected chi connectivity index (χ2v) is 12.3. The average molecular weight is 615 g/mol. The number of ether oxygens (including phenoxy) is 1. The average Bonchev–Trinajstić information content (AvgIpc) is 3.60. The molecular weight excluding hydrogens is 576 g/mol. The number of amides is 2. The van der Waals surface area contributed by atoms with Crippen LogP contribution >= 0.6 is 0 Å². The first-order valence-corrected chi connectivity index (χ1v) is 15.7. The number of guanidine groups is 1. The number of aliphatic carboxylic acids is 1. The molecular formula is C29H38N6O7S. The lowest BCUT2D eigenvalue weighted by Crippen LogP contribution is -2.54. The van der Waals surface area contributed by atoms with Gasteiger partial charge in [0.15, 0.2) is 5.96 Å². The lowest BCUT2D eigenvalue weighted by molar-refractivity contribution is -0.142. The number of hydrogen-bond acceptors (Lipinski definition) is 9. The van der Waals surface area contributed by atoms with E-state index in [0.717, 1.165) is 36.3 Å². The van der Waals surface area contributed by atoms with Gasteiger partial charge in [-0.1, -0.05) is 30.3 Å². The number of nitrogens with one attached hydrogen (secondary N) is 4. The fraction of sp³-hybridized carbons (Fsp3) is 0.448. The largest absolute Gasteiger partial charge is 0.480 e. The highest BCUT2D eigenvalue weighted by molar-refractivity contribution is 7.89. The summed E-state index contributed by atoms with van der Waals surface area (Å²) in [5.74, 6) is -1.37. The molecule has 2 aliphatic heterocycles. The minimum atomic E-state index is -4.10. The monoisotopic (exact) mass is 614 g/mol. The Hall–Kier alpha value is -4.01. The number of carbonyl (C=O) groups excluding carboxylic acids is 2. The van der Waals surface area contributed by atoms with Gasteiger partial charge >= 0.3 is 5.97 Å². The summed E-state index contributed by atoms with van der Waals surface area (Å²) in [6, 6.07) is 11.8. The SMILES string of the molecule is CC1OC(C)N(S(=O)(=O)c2ccccc2)[C@@H]1C(=O)N[C@@H](Cc1ccc(NC(=O)CCCCNC2=NCCN2)cc1)C(=O)O. The lowest BCUT2D eigenvalue weighted by atomic mass is 10.0. The number of anilines is 1. The van der Waals surface area contributed by atoms with Crippen LogP contribution < -0.4 is 21.3 Å². The first-order chi connectivity index (χ1) is 20.6. The van der Waals surface area contributed by atoms with Crippen molar-refractivity contribution in [3.8, 4) is 0 Å². The Bertz CT molecular complexity index is 1420. The van der Waals surface area contributed by atoms with Crippen LogP contribution in [0.25, 0.3) is 0 Å². The highest BCUT2D eigenvalue weighted by Crippen LogP contribution is 2.30. The van der Waals surface area contributed by atoms with Gasteiger partial charge in [-0.2, -0.15) is 4.31 Å². The summed E-state index contributed by atoms with van der Waals surface area (Å²) in [4.78, 5) is 42.0. The van der Waals surface area contributed by atoms with E-state index in [0.29, 0.717) is 24.1 Å². The van der Waals surface area contributed by atoms with Crippen LogP contribution in [0, 0.1) is 0 Å². The quantitative estimate of drug-likeness (QED) is 0.208. The number of nitrogens with zero attached hydrogens (tertiary/aromatic N) is 2. The first kappa shape index (κ1) is 31.9. The maximum atomic E-state index is 13.4. The number of unbranched alkanes of at least 4 members (excludes halogenated alkanes) is 1. The zero-order valence-electron chi connectivity index (χ0n) is 24.2. The van der Waals surface area contributed by atoms with Gasteiger partial charge in [0.05, 0.1) is 17.5 Å². The Labute approximate surface area is 251 Å². The minimum absolute atomic E-state index is 0.00335. The molecule has 2 aromatic carbocycles. The summed E-state index contributed by atoms with van der Waals surface area (Å²) in [6.07, 6.45) is 0.0951. The van der Waals surface area contributed by atoms with Gasteiger partial charge in [-0.25, -0.2) is 13.2 Å². The van der Waals surface area contributed by atoms with E-state index in [1.54, 1.807) is 49.4 Å². The molecule has 2 aromatic rings. The van der Waals surface area contributed by atoms with Gasteiger partial charge in [0.25, 0.3) is 0 Å². The molecule has 0 radical (unpaired) electrons. The van der Waals surface area contributed by atoms with E-state index in [1.165, 1.54) is 19.1 Å². The zero-order valence-corrected chi connectivity index (χ0v) is 25.0. The predicted molar refractivity (Wildman–Crippen MR) is 160 cm³/mol. The molecule has 1 saturated heterocycles. The number of sulfonamides is 1. The van der Waals surface area contributed by atoms with Crippen LogP contribution in [0.1, 0.15) is 38.7 Å². The summed E-state index contributed by atoms with van der Waals surface area (Å²) >= 11 is 0. The van der Waals surface area contributed by atoms with E-state index in [2.05, 4.69) is 26.3 Å². The molecule has 1 fully saturated rings. The molecule has 0 bridgehead atoms. The Balaban J connectivity index is 1.31. The second kappa shape index (κ2) is 14.4. The zero-order chi connectivity index (χ0) is 31.0. The molecule has 2 aliphatic rings. The van der Waals surface area contributed by atoms with Gasteiger partial charge in [0.2, 0.25) is 21.8 Å². The molecule has 4 atom stereocenters. The highest BCUT2D eigenvalue weighted by atomic mass is 32.2. The summed E-state index contributed by atoms with van der Waals surface area (Å²) in [5.41, 5.74) is 1.18. The molecule has 13 nitrogen and oxygen atoms in total. The summed E-state index contributed by atoms with van der Waals surface area (Å²) in [6.45, 7) is 5.43. The van der Waals surface area contributed by atoms with Crippen LogP contribution in [-0.2, 0) is 35.6 Å². The van der Waals surface area contributed by atoms with E-state index in [1.807, 2.05) is 0 Å². The number of carboxylic acid groups (broad SMARTS) is 1. The van der Waals surface area contributed by atoms with Crippen LogP contribution in [0.3, 0.4) is 0 Å². The molecule has 43 heavy (non-hydrogen) atoms. The van der Waals surface area contributed by atoms with E-state index in [4.69, 9.17) is 4.74 Å². The lowest BCUT2D eigenvalue weighted by Gasteiger charge is -2.27. The fourth-order valence-electron chi connectivity index (χ4n) is 5.04. The van der Waals surface area contributed by atoms with Crippen molar-refractivity contribution in [1.82, 2.24) is 20.3 Å². The van der Waals surface area contributed by atoms with Gasteiger partial charge in [0, 0.05) is 31.6 Å². The van der Waals surface area contributed by atoms with Crippen molar-refractivity contribution < 1.29 is 32.6 Å². The molecule has 2 heterocycles. The molecule has 14 heteroatoms. The normalized spacial score (nSPS) is 21.0. The maximum absolute atomic E-state index is 13.4.